The van der Waals surface area contributed by atoms with E-state index in [1.807, 2.05) is 42.5 Å². The van der Waals surface area contributed by atoms with Crippen LogP contribution in [0, 0.1) is 0 Å². The van der Waals surface area contributed by atoms with Crippen LogP contribution < -0.4 is 19.5 Å². The number of carbonyl (C=O) groups excluding carboxylic acids is 1. The summed E-state index contributed by atoms with van der Waals surface area (Å²) >= 11 is 0. The monoisotopic (exact) mass is 329 g/mol. The maximum absolute atomic E-state index is 11.2. The highest BCUT2D eigenvalue weighted by atomic mass is 16.5. The Morgan fingerprint density at radius 3 is 2.08 bits per heavy atom. The van der Waals surface area contributed by atoms with Crippen LogP contribution in [0.5, 0.6) is 17.2 Å². The van der Waals surface area contributed by atoms with Crippen molar-refractivity contribution in [3.63, 3.8) is 0 Å². The van der Waals surface area contributed by atoms with Crippen molar-refractivity contribution in [1.29, 1.82) is 0 Å². The average Bonchev–Trinajstić information content (AvgIpc) is 2.59. The molecule has 1 N–H and O–H groups in total. The molecule has 0 fully saturated rings. The van der Waals surface area contributed by atoms with Gasteiger partial charge < -0.3 is 19.5 Å². The van der Waals surface area contributed by atoms with Gasteiger partial charge in [-0.2, -0.15) is 0 Å². The van der Waals surface area contributed by atoms with Crippen molar-refractivity contribution >= 4 is 11.6 Å². The first kappa shape index (κ1) is 17.7. The van der Waals surface area contributed by atoms with Gasteiger partial charge >= 0.3 is 0 Å². The zero-order valence-corrected chi connectivity index (χ0v) is 14.1. The van der Waals surface area contributed by atoms with E-state index in [-0.39, 0.29) is 5.91 Å². The molecule has 2 aromatic rings. The minimum Gasteiger partial charge on any atom is -0.494 e. The minimum absolute atomic E-state index is 0.132. The van der Waals surface area contributed by atoms with E-state index in [9.17, 15) is 4.79 Å². The molecule has 5 heteroatoms. The van der Waals surface area contributed by atoms with E-state index in [1.54, 1.807) is 6.07 Å². The second kappa shape index (κ2) is 9.45. The lowest BCUT2D eigenvalue weighted by atomic mass is 10.3. The number of nitrogens with one attached hydrogen (secondary N) is 1. The average molecular weight is 329 g/mol. The fourth-order valence-electron chi connectivity index (χ4n) is 2.05. The van der Waals surface area contributed by atoms with Crippen LogP contribution in [-0.4, -0.2) is 25.7 Å². The fourth-order valence-corrected chi connectivity index (χ4v) is 2.05. The Morgan fingerprint density at radius 1 is 0.875 bits per heavy atom. The summed E-state index contributed by atoms with van der Waals surface area (Å²) in [7, 11) is 0. The van der Waals surface area contributed by atoms with E-state index in [0.29, 0.717) is 31.3 Å². The third-order valence-corrected chi connectivity index (χ3v) is 3.10. The topological polar surface area (TPSA) is 56.8 Å². The second-order valence-electron chi connectivity index (χ2n) is 5.19. The van der Waals surface area contributed by atoms with Gasteiger partial charge in [0.1, 0.15) is 30.5 Å². The van der Waals surface area contributed by atoms with E-state index >= 15 is 0 Å². The first-order valence-corrected chi connectivity index (χ1v) is 8.04. The van der Waals surface area contributed by atoms with Crippen LogP contribution >= 0.6 is 0 Å². The second-order valence-corrected chi connectivity index (χ2v) is 5.19. The molecule has 5 nitrogen and oxygen atoms in total. The third kappa shape index (κ3) is 5.83. The van der Waals surface area contributed by atoms with Crippen molar-refractivity contribution < 1.29 is 19.0 Å². The molecule has 0 spiro atoms. The smallest absolute Gasteiger partial charge is 0.221 e. The van der Waals surface area contributed by atoms with Gasteiger partial charge in [-0.05, 0) is 42.8 Å². The normalized spacial score (nSPS) is 10.1. The van der Waals surface area contributed by atoms with Crippen molar-refractivity contribution in [2.24, 2.45) is 0 Å². The van der Waals surface area contributed by atoms with Gasteiger partial charge in [-0.15, -0.1) is 0 Å². The molecule has 0 bridgehead atoms. The van der Waals surface area contributed by atoms with Crippen LogP contribution in [0.15, 0.2) is 48.5 Å². The quantitative estimate of drug-likeness (QED) is 0.709. The van der Waals surface area contributed by atoms with E-state index in [2.05, 4.69) is 12.2 Å². The summed E-state index contributed by atoms with van der Waals surface area (Å²) in [4.78, 5) is 11.2. The number of anilines is 1. The Hall–Kier alpha value is -2.69. The lowest BCUT2D eigenvalue weighted by Crippen LogP contribution is -2.12. The molecular weight excluding hydrogens is 306 g/mol. The third-order valence-electron chi connectivity index (χ3n) is 3.10. The molecule has 24 heavy (non-hydrogen) atoms. The number of hydrogen-bond donors (Lipinski definition) is 1. The number of benzene rings is 2. The van der Waals surface area contributed by atoms with Crippen LogP contribution in [0.2, 0.25) is 0 Å². The van der Waals surface area contributed by atoms with Crippen molar-refractivity contribution in [2.45, 2.75) is 20.3 Å². The van der Waals surface area contributed by atoms with Crippen molar-refractivity contribution in [3.8, 4) is 17.2 Å². The summed E-state index contributed by atoms with van der Waals surface area (Å²) in [6.45, 7) is 5.03. The molecule has 1 amide bonds. The molecule has 0 saturated heterocycles. The van der Waals surface area contributed by atoms with Crippen molar-refractivity contribution in [1.82, 2.24) is 0 Å². The Kier molecular flexibility index (Phi) is 6.95. The molecule has 0 radical (unpaired) electrons. The summed E-state index contributed by atoms with van der Waals surface area (Å²) < 4.78 is 16.8. The SMILES string of the molecule is CCCOc1ccc(OCCOc2ccccc2NC(C)=O)cc1. The van der Waals surface area contributed by atoms with Crippen LogP contribution in [0.3, 0.4) is 0 Å². The Labute approximate surface area is 142 Å². The summed E-state index contributed by atoms with van der Waals surface area (Å²) in [5.41, 5.74) is 0.655. The minimum atomic E-state index is -0.132. The van der Waals surface area contributed by atoms with Gasteiger partial charge in [0.2, 0.25) is 5.91 Å². The Morgan fingerprint density at radius 2 is 1.46 bits per heavy atom. The van der Waals surface area contributed by atoms with Crippen LogP contribution in [-0.2, 0) is 4.79 Å². The van der Waals surface area contributed by atoms with Gasteiger partial charge in [0.05, 0.1) is 12.3 Å². The molecule has 0 unspecified atom stereocenters. The Bertz CT molecular complexity index is 640. The molecule has 0 aliphatic rings. The molecule has 2 rings (SSSR count). The van der Waals surface area contributed by atoms with Crippen LogP contribution in [0.4, 0.5) is 5.69 Å². The van der Waals surface area contributed by atoms with Crippen LogP contribution in [0.1, 0.15) is 20.3 Å². The number of ether oxygens (including phenoxy) is 3. The zero-order valence-electron chi connectivity index (χ0n) is 14.1. The molecule has 0 aliphatic carbocycles. The highest BCUT2D eigenvalue weighted by molar-refractivity contribution is 5.90. The van der Waals surface area contributed by atoms with E-state index in [4.69, 9.17) is 14.2 Å². The zero-order chi connectivity index (χ0) is 17.2. The molecule has 0 aromatic heterocycles. The van der Waals surface area contributed by atoms with Gasteiger partial charge in [0.25, 0.3) is 0 Å². The number of rotatable bonds is 9. The first-order chi connectivity index (χ1) is 11.7. The summed E-state index contributed by atoms with van der Waals surface area (Å²) in [5, 5.41) is 2.74. The largest absolute Gasteiger partial charge is 0.494 e. The van der Waals surface area contributed by atoms with E-state index in [1.165, 1.54) is 6.92 Å². The molecule has 2 aromatic carbocycles. The highest BCUT2D eigenvalue weighted by Gasteiger charge is 2.04. The van der Waals surface area contributed by atoms with Crippen LogP contribution in [0.25, 0.3) is 0 Å². The number of carbonyl (C=O) groups is 1. The molecule has 0 heterocycles. The maximum Gasteiger partial charge on any atom is 0.221 e. The molecule has 128 valence electrons. The van der Waals surface area contributed by atoms with E-state index in [0.717, 1.165) is 17.9 Å². The standard InChI is InChI=1S/C19H23NO4/c1-3-12-22-16-8-10-17(11-9-16)23-13-14-24-19-7-5-4-6-18(19)20-15(2)21/h4-11H,3,12-14H2,1-2H3,(H,20,21). The van der Waals surface area contributed by atoms with Gasteiger partial charge in [-0.25, -0.2) is 0 Å². The lowest BCUT2D eigenvalue weighted by Gasteiger charge is -2.12. The maximum atomic E-state index is 11.2. The van der Waals surface area contributed by atoms with Gasteiger partial charge in [0.15, 0.2) is 0 Å². The number of hydrogen-bond acceptors (Lipinski definition) is 4. The summed E-state index contributed by atoms with van der Waals surface area (Å²) in [6.07, 6.45) is 0.982. The Balaban J connectivity index is 1.78. The summed E-state index contributed by atoms with van der Waals surface area (Å²) in [6, 6.07) is 14.8. The van der Waals surface area contributed by atoms with E-state index < -0.39 is 0 Å². The molecule has 0 atom stereocenters. The van der Waals surface area contributed by atoms with Crippen molar-refractivity contribution in [2.75, 3.05) is 25.1 Å². The summed E-state index contributed by atoms with van der Waals surface area (Å²) in [5.74, 6) is 2.09. The highest BCUT2D eigenvalue weighted by Crippen LogP contribution is 2.23. The van der Waals surface area contributed by atoms with Crippen molar-refractivity contribution in [3.05, 3.63) is 48.5 Å². The predicted molar refractivity (Wildman–Crippen MR) is 94.0 cm³/mol. The number of para-hydroxylation sites is 2. The van der Waals surface area contributed by atoms with Gasteiger partial charge in [0, 0.05) is 6.92 Å². The fraction of sp³-hybridized carbons (Fsp3) is 0.316. The predicted octanol–water partition coefficient (Wildman–Crippen LogP) is 3.89. The first-order valence-electron chi connectivity index (χ1n) is 8.04. The lowest BCUT2D eigenvalue weighted by molar-refractivity contribution is -0.114. The number of amides is 1. The van der Waals surface area contributed by atoms with Gasteiger partial charge in [-0.3, -0.25) is 4.79 Å². The molecule has 0 aliphatic heterocycles. The molecule has 0 saturated carbocycles. The van der Waals surface area contributed by atoms with Gasteiger partial charge in [-0.1, -0.05) is 19.1 Å². The molecular formula is C19H23NO4.